The highest BCUT2D eigenvalue weighted by molar-refractivity contribution is 7.99. The summed E-state index contributed by atoms with van der Waals surface area (Å²) in [6.45, 7) is 3.87. The van der Waals surface area contributed by atoms with E-state index >= 15 is 0 Å². The molecular formula is C31H33NO2SSi. The Hall–Kier alpha value is -2.83. The summed E-state index contributed by atoms with van der Waals surface area (Å²) in [5, 5.41) is 2.51. The monoisotopic (exact) mass is 511 g/mol. The van der Waals surface area contributed by atoms with Gasteiger partial charge in [0.05, 0.1) is 12.7 Å². The van der Waals surface area contributed by atoms with Crippen LogP contribution in [0.3, 0.4) is 0 Å². The van der Waals surface area contributed by atoms with Crippen molar-refractivity contribution in [1.29, 1.82) is 0 Å². The minimum absolute atomic E-state index is 0.0129. The molecule has 1 unspecified atom stereocenters. The average molecular weight is 512 g/mol. The van der Waals surface area contributed by atoms with E-state index in [4.69, 9.17) is 9.16 Å². The lowest BCUT2D eigenvalue weighted by Crippen LogP contribution is -2.60. The van der Waals surface area contributed by atoms with Gasteiger partial charge in [-0.25, -0.2) is 0 Å². The summed E-state index contributed by atoms with van der Waals surface area (Å²) in [5.41, 5.74) is 2.55. The maximum atomic E-state index is 7.01. The number of fused-ring (bicyclic) bond motifs is 2. The highest BCUT2D eigenvalue weighted by Crippen LogP contribution is 2.43. The fraction of sp³-hybridized carbons (Fsp3) is 0.226. The van der Waals surface area contributed by atoms with Gasteiger partial charge in [0.2, 0.25) is 0 Å². The van der Waals surface area contributed by atoms with Crippen LogP contribution in [-0.2, 0) is 11.2 Å². The first-order valence-electron chi connectivity index (χ1n) is 12.5. The summed E-state index contributed by atoms with van der Waals surface area (Å²) in [6, 6.07) is 36.6. The molecular weight excluding hydrogens is 478 g/mol. The Morgan fingerprint density at radius 1 is 0.806 bits per heavy atom. The molecule has 4 aromatic rings. The van der Waals surface area contributed by atoms with Gasteiger partial charge in [0, 0.05) is 22.8 Å². The molecule has 1 aliphatic heterocycles. The van der Waals surface area contributed by atoms with Gasteiger partial charge < -0.3 is 14.1 Å². The van der Waals surface area contributed by atoms with E-state index in [0.29, 0.717) is 6.61 Å². The van der Waals surface area contributed by atoms with E-state index in [2.05, 4.69) is 129 Å². The average Bonchev–Trinajstić information content (AvgIpc) is 3.06. The van der Waals surface area contributed by atoms with Gasteiger partial charge in [-0.05, 0) is 66.4 Å². The molecule has 184 valence electrons. The molecule has 0 fully saturated rings. The van der Waals surface area contributed by atoms with Gasteiger partial charge in [-0.3, -0.25) is 0 Å². The number of ether oxygens (including phenoxy) is 1. The van der Waals surface area contributed by atoms with Crippen LogP contribution < -0.4 is 14.8 Å². The predicted molar refractivity (Wildman–Crippen MR) is 152 cm³/mol. The number of hydrogen-bond acceptors (Lipinski definition) is 4. The first kappa shape index (κ1) is 24.8. The summed E-state index contributed by atoms with van der Waals surface area (Å²) in [4.78, 5) is 4.71. The lowest BCUT2D eigenvalue weighted by Gasteiger charge is -2.30. The van der Waals surface area contributed by atoms with Crippen molar-refractivity contribution in [3.63, 3.8) is 0 Å². The molecule has 1 heterocycles. The minimum Gasteiger partial charge on any atom is -0.535 e. The van der Waals surface area contributed by atoms with Crippen molar-refractivity contribution in [3.05, 3.63) is 114 Å². The van der Waals surface area contributed by atoms with Crippen LogP contribution in [0.4, 0.5) is 0 Å². The summed E-state index contributed by atoms with van der Waals surface area (Å²) in [5.74, 6) is 0.906. The topological polar surface area (TPSA) is 21.7 Å². The highest BCUT2D eigenvalue weighted by Gasteiger charge is 2.36. The van der Waals surface area contributed by atoms with Crippen LogP contribution in [0.1, 0.15) is 17.2 Å². The molecule has 5 rings (SSSR count). The zero-order valence-electron chi connectivity index (χ0n) is 21.2. The van der Waals surface area contributed by atoms with Gasteiger partial charge >= 0.3 is 8.32 Å². The number of benzene rings is 4. The maximum Gasteiger partial charge on any atom is 0.311 e. The Morgan fingerprint density at radius 2 is 1.44 bits per heavy atom. The maximum absolute atomic E-state index is 7.01. The smallest absolute Gasteiger partial charge is 0.311 e. The molecule has 36 heavy (non-hydrogen) atoms. The third kappa shape index (κ3) is 5.45. The zero-order valence-corrected chi connectivity index (χ0v) is 23.0. The minimum atomic E-state index is -2.48. The standard InChI is InChI=1S/C31H33NO2SSi/c1-32(2)20-21-33-29-22-24-12-10-11-17-30(24)35-31-19-18-25(23-28(29)31)34-36(3,26-13-6-4-7-14-26)27-15-8-5-9-16-27/h4-19,23,29H,20-22H2,1-3H3. The molecule has 0 radical (unpaired) electrons. The Kier molecular flexibility index (Phi) is 7.63. The van der Waals surface area contributed by atoms with E-state index in [0.717, 1.165) is 18.7 Å². The van der Waals surface area contributed by atoms with Crippen molar-refractivity contribution >= 4 is 30.5 Å². The normalized spacial score (nSPS) is 15.2. The molecule has 0 saturated heterocycles. The molecule has 0 spiro atoms. The Balaban J connectivity index is 1.52. The predicted octanol–water partition coefficient (Wildman–Crippen LogP) is 5.78. The quantitative estimate of drug-likeness (QED) is 0.280. The summed E-state index contributed by atoms with van der Waals surface area (Å²) >= 11 is 1.83. The second-order valence-electron chi connectivity index (χ2n) is 9.64. The third-order valence-electron chi connectivity index (χ3n) is 6.75. The van der Waals surface area contributed by atoms with Gasteiger partial charge in [-0.15, -0.1) is 0 Å². The molecule has 0 aliphatic carbocycles. The van der Waals surface area contributed by atoms with Crippen LogP contribution in [0.2, 0.25) is 6.55 Å². The molecule has 1 atom stereocenters. The highest BCUT2D eigenvalue weighted by atomic mass is 32.2. The fourth-order valence-corrected chi connectivity index (χ4v) is 8.63. The van der Waals surface area contributed by atoms with Crippen molar-refractivity contribution in [2.45, 2.75) is 28.9 Å². The number of likely N-dealkylation sites (N-methyl/N-ethyl adjacent to an activating group) is 1. The molecule has 0 saturated carbocycles. The Morgan fingerprint density at radius 3 is 2.11 bits per heavy atom. The van der Waals surface area contributed by atoms with Gasteiger partial charge in [-0.2, -0.15) is 0 Å². The van der Waals surface area contributed by atoms with Crippen molar-refractivity contribution in [2.24, 2.45) is 0 Å². The van der Waals surface area contributed by atoms with Crippen molar-refractivity contribution in [1.82, 2.24) is 4.90 Å². The van der Waals surface area contributed by atoms with Crippen molar-refractivity contribution in [2.75, 3.05) is 27.2 Å². The molecule has 0 N–H and O–H groups in total. The van der Waals surface area contributed by atoms with E-state index in [1.54, 1.807) is 0 Å². The van der Waals surface area contributed by atoms with Crippen molar-refractivity contribution < 1.29 is 9.16 Å². The van der Waals surface area contributed by atoms with E-state index in [1.165, 1.54) is 31.3 Å². The molecule has 0 aromatic heterocycles. The zero-order chi connectivity index (χ0) is 25.0. The SMILES string of the molecule is CN(C)CCOC1Cc2ccccc2Sc2ccc(O[Si](C)(c3ccccc3)c3ccccc3)cc21. The summed E-state index contributed by atoms with van der Waals surface area (Å²) in [7, 11) is 1.69. The number of nitrogens with zero attached hydrogens (tertiary/aromatic N) is 1. The Labute approximate surface area is 220 Å². The molecule has 0 amide bonds. The van der Waals surface area contributed by atoms with Crippen molar-refractivity contribution in [3.8, 4) is 5.75 Å². The third-order valence-corrected chi connectivity index (χ3v) is 11.5. The van der Waals surface area contributed by atoms with Gasteiger partial charge in [0.1, 0.15) is 5.75 Å². The van der Waals surface area contributed by atoms with Gasteiger partial charge in [0.15, 0.2) is 0 Å². The summed E-state index contributed by atoms with van der Waals surface area (Å²) < 4.78 is 13.5. The van der Waals surface area contributed by atoms with Crippen LogP contribution in [0.25, 0.3) is 0 Å². The molecule has 1 aliphatic rings. The largest absolute Gasteiger partial charge is 0.535 e. The van der Waals surface area contributed by atoms with E-state index in [1.807, 2.05) is 11.8 Å². The fourth-order valence-electron chi connectivity index (χ4n) is 4.69. The van der Waals surface area contributed by atoms with Gasteiger partial charge in [0.25, 0.3) is 0 Å². The van der Waals surface area contributed by atoms with E-state index in [9.17, 15) is 0 Å². The van der Waals surface area contributed by atoms with Crippen LogP contribution in [-0.4, -0.2) is 40.5 Å². The molecule has 3 nitrogen and oxygen atoms in total. The Bertz CT molecular complexity index is 1260. The first-order chi connectivity index (χ1) is 17.5. The summed E-state index contributed by atoms with van der Waals surface area (Å²) in [6.07, 6.45) is 0.847. The van der Waals surface area contributed by atoms with E-state index in [-0.39, 0.29) is 6.10 Å². The van der Waals surface area contributed by atoms with Gasteiger partial charge in [-0.1, -0.05) is 90.6 Å². The lowest BCUT2D eigenvalue weighted by atomic mass is 10.0. The number of hydrogen-bond donors (Lipinski definition) is 0. The van der Waals surface area contributed by atoms with Crippen LogP contribution in [0.15, 0.2) is 113 Å². The lowest BCUT2D eigenvalue weighted by molar-refractivity contribution is 0.0419. The van der Waals surface area contributed by atoms with Crippen LogP contribution in [0.5, 0.6) is 5.75 Å². The number of rotatable bonds is 8. The molecule has 4 aromatic carbocycles. The second kappa shape index (κ2) is 11.1. The second-order valence-corrected chi connectivity index (χ2v) is 14.2. The van der Waals surface area contributed by atoms with Crippen LogP contribution in [0, 0.1) is 0 Å². The molecule has 0 bridgehead atoms. The van der Waals surface area contributed by atoms with Crippen LogP contribution >= 0.6 is 11.8 Å². The first-order valence-corrected chi connectivity index (χ1v) is 15.7. The molecule has 5 heteroatoms. The van der Waals surface area contributed by atoms with E-state index < -0.39 is 8.32 Å².